The largest absolute Gasteiger partial charge is 0.378 e. The maximum Gasteiger partial charge on any atom is 0.271 e. The molecule has 0 unspecified atom stereocenters. The van der Waals surface area contributed by atoms with Crippen LogP contribution in [0, 0.1) is 6.92 Å². The molecule has 0 atom stereocenters. The Bertz CT molecular complexity index is 1280. The fourth-order valence-corrected chi connectivity index (χ4v) is 4.07. The third kappa shape index (κ3) is 5.52. The molecule has 1 aliphatic heterocycles. The standard InChI is InChI=1S/C27H30FN5O3/c1-17-22(19-13-23(33-8-10-36-11-9-33)24(31-15-19)26(35)29-4)14-21(16-30-17)32-25(34)18-6-5-7-20(12-18)27(2,3)28/h5-7,12-16H,8-11H2,1-4H3,(H,29,35)(H,32,34). The number of aromatic nitrogens is 2. The van der Waals surface area contributed by atoms with Gasteiger partial charge in [0.2, 0.25) is 0 Å². The van der Waals surface area contributed by atoms with Crippen LogP contribution in [0.3, 0.4) is 0 Å². The molecule has 0 aliphatic carbocycles. The second-order valence-corrected chi connectivity index (χ2v) is 9.13. The summed E-state index contributed by atoms with van der Waals surface area (Å²) in [4.78, 5) is 36.4. The van der Waals surface area contributed by atoms with E-state index in [1.807, 2.05) is 19.1 Å². The van der Waals surface area contributed by atoms with Crippen LogP contribution in [0.15, 0.2) is 48.8 Å². The van der Waals surface area contributed by atoms with Gasteiger partial charge in [0.1, 0.15) is 5.67 Å². The number of nitrogens with one attached hydrogen (secondary N) is 2. The highest BCUT2D eigenvalue weighted by molar-refractivity contribution is 6.04. The minimum absolute atomic E-state index is 0.266. The first-order valence-electron chi connectivity index (χ1n) is 11.8. The molecule has 8 nitrogen and oxygen atoms in total. The monoisotopic (exact) mass is 491 g/mol. The van der Waals surface area contributed by atoms with E-state index in [9.17, 15) is 14.0 Å². The smallest absolute Gasteiger partial charge is 0.271 e. The molecular formula is C27H30FN5O3. The summed E-state index contributed by atoms with van der Waals surface area (Å²) < 4.78 is 19.8. The van der Waals surface area contributed by atoms with Crippen LogP contribution < -0.4 is 15.5 Å². The number of aryl methyl sites for hydroxylation is 1. The van der Waals surface area contributed by atoms with E-state index in [0.29, 0.717) is 48.8 Å². The molecule has 1 aliphatic rings. The van der Waals surface area contributed by atoms with Crippen LogP contribution in [-0.4, -0.2) is 55.1 Å². The molecule has 0 radical (unpaired) electrons. The minimum atomic E-state index is -1.55. The zero-order chi connectivity index (χ0) is 25.9. The number of rotatable bonds is 6. The number of anilines is 2. The summed E-state index contributed by atoms with van der Waals surface area (Å²) in [5.41, 5.74) is 3.07. The number of benzene rings is 1. The van der Waals surface area contributed by atoms with E-state index in [1.54, 1.807) is 43.7 Å². The third-order valence-electron chi connectivity index (χ3n) is 6.13. The molecule has 2 N–H and O–H groups in total. The normalized spacial score (nSPS) is 13.9. The van der Waals surface area contributed by atoms with Crippen LogP contribution in [-0.2, 0) is 10.4 Å². The quantitative estimate of drug-likeness (QED) is 0.539. The van der Waals surface area contributed by atoms with Crippen molar-refractivity contribution in [3.05, 3.63) is 71.3 Å². The average molecular weight is 492 g/mol. The van der Waals surface area contributed by atoms with Crippen molar-refractivity contribution < 1.29 is 18.7 Å². The van der Waals surface area contributed by atoms with Gasteiger partial charge in [0.25, 0.3) is 11.8 Å². The fraction of sp³-hybridized carbons (Fsp3) is 0.333. The molecule has 36 heavy (non-hydrogen) atoms. The fourth-order valence-electron chi connectivity index (χ4n) is 4.07. The van der Waals surface area contributed by atoms with Gasteiger partial charge in [-0.3, -0.25) is 14.6 Å². The Morgan fingerprint density at radius 1 is 1.06 bits per heavy atom. The Morgan fingerprint density at radius 2 is 1.81 bits per heavy atom. The Balaban J connectivity index is 1.66. The summed E-state index contributed by atoms with van der Waals surface area (Å²) in [5.74, 6) is -0.627. The number of nitrogens with zero attached hydrogens (tertiary/aromatic N) is 3. The summed E-state index contributed by atoms with van der Waals surface area (Å²) >= 11 is 0. The van der Waals surface area contributed by atoms with Gasteiger partial charge < -0.3 is 20.3 Å². The van der Waals surface area contributed by atoms with Gasteiger partial charge in [-0.2, -0.15) is 0 Å². The number of carbonyl (C=O) groups is 2. The second kappa shape index (κ2) is 10.4. The first-order chi connectivity index (χ1) is 17.2. The summed E-state index contributed by atoms with van der Waals surface area (Å²) in [6, 6.07) is 10.3. The van der Waals surface area contributed by atoms with Crippen LogP contribution in [0.5, 0.6) is 0 Å². The van der Waals surface area contributed by atoms with Gasteiger partial charge in [0, 0.05) is 48.7 Å². The van der Waals surface area contributed by atoms with Crippen molar-refractivity contribution in [2.45, 2.75) is 26.4 Å². The lowest BCUT2D eigenvalue weighted by molar-refractivity contribution is 0.0955. The molecular weight excluding hydrogens is 461 g/mol. The minimum Gasteiger partial charge on any atom is -0.378 e. The predicted octanol–water partition coefficient (Wildman–Crippen LogP) is 4.11. The Morgan fingerprint density at radius 3 is 2.50 bits per heavy atom. The van der Waals surface area contributed by atoms with E-state index in [4.69, 9.17) is 4.74 Å². The zero-order valence-electron chi connectivity index (χ0n) is 20.9. The molecule has 2 aromatic heterocycles. The molecule has 0 bridgehead atoms. The first kappa shape index (κ1) is 25.2. The molecule has 4 rings (SSSR count). The molecule has 3 heterocycles. The molecule has 1 aromatic carbocycles. The number of carbonyl (C=O) groups excluding carboxylic acids is 2. The number of pyridine rings is 2. The number of halogens is 1. The highest BCUT2D eigenvalue weighted by atomic mass is 19.1. The predicted molar refractivity (Wildman–Crippen MR) is 137 cm³/mol. The van der Waals surface area contributed by atoms with Gasteiger partial charge >= 0.3 is 0 Å². The van der Waals surface area contributed by atoms with E-state index in [1.165, 1.54) is 13.8 Å². The molecule has 0 spiro atoms. The number of alkyl halides is 1. The van der Waals surface area contributed by atoms with Crippen molar-refractivity contribution in [3.8, 4) is 11.1 Å². The van der Waals surface area contributed by atoms with Gasteiger partial charge in [0.05, 0.1) is 30.8 Å². The lowest BCUT2D eigenvalue weighted by Crippen LogP contribution is -2.38. The molecule has 3 aromatic rings. The Hall–Kier alpha value is -3.85. The number of amides is 2. The third-order valence-corrected chi connectivity index (χ3v) is 6.13. The summed E-state index contributed by atoms with van der Waals surface area (Å²) in [7, 11) is 1.57. The van der Waals surface area contributed by atoms with Crippen molar-refractivity contribution in [1.82, 2.24) is 15.3 Å². The second-order valence-electron chi connectivity index (χ2n) is 9.13. The van der Waals surface area contributed by atoms with Crippen LogP contribution in [0.4, 0.5) is 15.8 Å². The van der Waals surface area contributed by atoms with Crippen LogP contribution >= 0.6 is 0 Å². The Kier molecular flexibility index (Phi) is 7.30. The molecule has 9 heteroatoms. The molecule has 2 amide bonds. The van der Waals surface area contributed by atoms with Crippen LogP contribution in [0.25, 0.3) is 11.1 Å². The van der Waals surface area contributed by atoms with Gasteiger partial charge in [-0.15, -0.1) is 0 Å². The maximum absolute atomic E-state index is 14.4. The van der Waals surface area contributed by atoms with Crippen molar-refractivity contribution >= 4 is 23.2 Å². The van der Waals surface area contributed by atoms with E-state index < -0.39 is 5.67 Å². The lowest BCUT2D eigenvalue weighted by Gasteiger charge is -2.30. The van der Waals surface area contributed by atoms with Crippen molar-refractivity contribution in [3.63, 3.8) is 0 Å². The first-order valence-corrected chi connectivity index (χ1v) is 11.8. The van der Waals surface area contributed by atoms with Crippen molar-refractivity contribution in [1.29, 1.82) is 0 Å². The van der Waals surface area contributed by atoms with E-state index in [-0.39, 0.29) is 11.8 Å². The van der Waals surface area contributed by atoms with Gasteiger partial charge in [-0.05, 0) is 50.6 Å². The van der Waals surface area contributed by atoms with E-state index in [0.717, 1.165) is 22.5 Å². The van der Waals surface area contributed by atoms with E-state index in [2.05, 4.69) is 25.5 Å². The molecule has 188 valence electrons. The lowest BCUT2D eigenvalue weighted by atomic mass is 9.98. The van der Waals surface area contributed by atoms with Crippen molar-refractivity contribution in [2.75, 3.05) is 43.6 Å². The summed E-state index contributed by atoms with van der Waals surface area (Å²) in [6.07, 6.45) is 3.21. The highest BCUT2D eigenvalue weighted by Crippen LogP contribution is 2.31. The summed E-state index contributed by atoms with van der Waals surface area (Å²) in [6.45, 7) is 7.22. The maximum atomic E-state index is 14.4. The van der Waals surface area contributed by atoms with Crippen LogP contribution in [0.2, 0.25) is 0 Å². The number of hydrogen-bond acceptors (Lipinski definition) is 6. The zero-order valence-corrected chi connectivity index (χ0v) is 20.9. The molecule has 1 saturated heterocycles. The molecule has 1 fully saturated rings. The SMILES string of the molecule is CNC(=O)c1ncc(-c2cc(NC(=O)c3cccc(C(C)(C)F)c3)cnc2C)cc1N1CCOCC1. The van der Waals surface area contributed by atoms with Gasteiger partial charge in [-0.25, -0.2) is 9.37 Å². The van der Waals surface area contributed by atoms with E-state index >= 15 is 0 Å². The van der Waals surface area contributed by atoms with Gasteiger partial charge in [-0.1, -0.05) is 12.1 Å². The number of morpholine rings is 1. The average Bonchev–Trinajstić information content (AvgIpc) is 2.89. The number of ether oxygens (including phenoxy) is 1. The Labute approximate surface area is 209 Å². The van der Waals surface area contributed by atoms with Crippen molar-refractivity contribution in [2.24, 2.45) is 0 Å². The molecule has 0 saturated carbocycles. The highest BCUT2D eigenvalue weighted by Gasteiger charge is 2.22. The summed E-state index contributed by atoms with van der Waals surface area (Å²) in [5, 5.41) is 5.50. The topological polar surface area (TPSA) is 96.5 Å². The van der Waals surface area contributed by atoms with Gasteiger partial charge in [0.15, 0.2) is 5.69 Å². The van der Waals surface area contributed by atoms with Crippen LogP contribution in [0.1, 0.15) is 46.0 Å². The number of hydrogen-bond donors (Lipinski definition) is 2.